The number of carbonyl (C=O) groups excluding carboxylic acids is 2. The van der Waals surface area contributed by atoms with E-state index < -0.39 is 28.5 Å². The number of carbonyl (C=O) groups is 2. The molecule has 212 valence electrons. The fourth-order valence-corrected chi connectivity index (χ4v) is 6.33. The highest BCUT2D eigenvalue weighted by atomic mass is 35.5. The van der Waals surface area contributed by atoms with E-state index >= 15 is 0 Å². The van der Waals surface area contributed by atoms with Crippen LogP contribution in [0.2, 0.25) is 5.02 Å². The Balaban J connectivity index is 1.73. The summed E-state index contributed by atoms with van der Waals surface area (Å²) in [4.78, 5) is 29.5. The number of aryl methyl sites for hydroxylation is 1. The van der Waals surface area contributed by atoms with Gasteiger partial charge in [-0.2, -0.15) is 0 Å². The minimum Gasteiger partial charge on any atom is -0.352 e. The Morgan fingerprint density at radius 1 is 0.950 bits per heavy atom. The lowest BCUT2D eigenvalue weighted by Crippen LogP contribution is -2.54. The zero-order chi connectivity index (χ0) is 28.7. The summed E-state index contributed by atoms with van der Waals surface area (Å²) in [5.74, 6) is -0.727. The van der Waals surface area contributed by atoms with Crippen LogP contribution in [0.25, 0.3) is 0 Å². The van der Waals surface area contributed by atoms with Crippen LogP contribution in [0.5, 0.6) is 0 Å². The highest BCUT2D eigenvalue weighted by Crippen LogP contribution is 2.28. The van der Waals surface area contributed by atoms with Crippen LogP contribution in [-0.2, 0) is 32.6 Å². The average Bonchev–Trinajstić information content (AvgIpc) is 3.43. The number of rotatable bonds is 11. The first-order valence-corrected chi connectivity index (χ1v) is 15.8. The maximum Gasteiger partial charge on any atom is 0.244 e. The molecule has 1 aliphatic carbocycles. The van der Waals surface area contributed by atoms with Gasteiger partial charge in [-0.3, -0.25) is 13.9 Å². The lowest BCUT2D eigenvalue weighted by molar-refractivity contribution is -0.140. The summed E-state index contributed by atoms with van der Waals surface area (Å²) in [6.45, 7) is 1.62. The molecule has 3 aromatic carbocycles. The van der Waals surface area contributed by atoms with Gasteiger partial charge in [0.2, 0.25) is 21.8 Å². The molecule has 9 heteroatoms. The van der Waals surface area contributed by atoms with E-state index in [9.17, 15) is 18.0 Å². The van der Waals surface area contributed by atoms with E-state index in [0.29, 0.717) is 6.42 Å². The Bertz CT molecular complexity index is 1430. The largest absolute Gasteiger partial charge is 0.352 e. The van der Waals surface area contributed by atoms with Gasteiger partial charge in [0.25, 0.3) is 0 Å². The molecule has 4 rings (SSSR count). The SMILES string of the molecule is Cc1cccc(CN(C(=O)CN(c2ccccc2Cl)S(C)(=O)=O)C(Cc2ccccc2)C(=O)NC2CCCC2)c1. The second-order valence-corrected chi connectivity index (χ2v) is 12.7. The smallest absolute Gasteiger partial charge is 0.244 e. The molecule has 1 atom stereocenters. The molecule has 0 bridgehead atoms. The standard InChI is InChI=1S/C31H36ClN3O4S/c1-23-11-10-14-25(19-23)21-34(30(36)22-35(40(2,38)39)28-18-9-8-17-27(28)32)29(20-24-12-4-3-5-13-24)31(37)33-26-15-6-7-16-26/h3-5,8-14,17-19,26,29H,6-7,15-16,20-22H2,1-2H3,(H,33,37). The first-order valence-electron chi connectivity index (χ1n) is 13.5. The molecule has 1 saturated carbocycles. The molecule has 2 amide bonds. The summed E-state index contributed by atoms with van der Waals surface area (Å²) in [5, 5.41) is 3.38. The summed E-state index contributed by atoms with van der Waals surface area (Å²) in [7, 11) is -3.87. The normalized spacial score (nSPS) is 14.5. The van der Waals surface area contributed by atoms with Crippen molar-refractivity contribution in [2.75, 3.05) is 17.1 Å². The second-order valence-electron chi connectivity index (χ2n) is 10.4. The van der Waals surface area contributed by atoms with Gasteiger partial charge in [-0.1, -0.05) is 96.7 Å². The minimum absolute atomic E-state index is 0.0670. The van der Waals surface area contributed by atoms with Gasteiger partial charge >= 0.3 is 0 Å². The van der Waals surface area contributed by atoms with E-state index in [1.54, 1.807) is 24.3 Å². The van der Waals surface area contributed by atoms with E-state index in [1.807, 2.05) is 61.5 Å². The predicted molar refractivity (Wildman–Crippen MR) is 160 cm³/mol. The summed E-state index contributed by atoms with van der Waals surface area (Å²) < 4.78 is 26.8. The van der Waals surface area contributed by atoms with E-state index in [2.05, 4.69) is 5.32 Å². The summed E-state index contributed by atoms with van der Waals surface area (Å²) in [6.07, 6.45) is 5.27. The van der Waals surface area contributed by atoms with Crippen LogP contribution < -0.4 is 9.62 Å². The molecule has 0 radical (unpaired) electrons. The van der Waals surface area contributed by atoms with Crippen molar-refractivity contribution in [3.8, 4) is 0 Å². The van der Waals surface area contributed by atoms with Gasteiger partial charge in [0.15, 0.2) is 0 Å². The van der Waals surface area contributed by atoms with Crippen LogP contribution in [0.4, 0.5) is 5.69 Å². The third kappa shape index (κ3) is 7.86. The zero-order valence-corrected chi connectivity index (χ0v) is 24.5. The Kier molecular flexibility index (Phi) is 9.87. The number of benzene rings is 3. The molecule has 40 heavy (non-hydrogen) atoms. The Hall–Kier alpha value is -3.36. The highest BCUT2D eigenvalue weighted by molar-refractivity contribution is 7.92. The van der Waals surface area contributed by atoms with Crippen molar-refractivity contribution >= 4 is 39.1 Å². The van der Waals surface area contributed by atoms with Gasteiger partial charge in [0.05, 0.1) is 17.0 Å². The van der Waals surface area contributed by atoms with Crippen molar-refractivity contribution in [3.63, 3.8) is 0 Å². The number of anilines is 1. The molecule has 0 spiro atoms. The van der Waals surface area contributed by atoms with Crippen LogP contribution in [0.15, 0.2) is 78.9 Å². The first-order chi connectivity index (χ1) is 19.1. The molecule has 1 aliphatic rings. The van der Waals surface area contributed by atoms with Gasteiger partial charge in [0, 0.05) is 19.0 Å². The molecular weight excluding hydrogens is 546 g/mol. The molecule has 1 fully saturated rings. The predicted octanol–water partition coefficient (Wildman–Crippen LogP) is 5.11. The minimum atomic E-state index is -3.87. The van der Waals surface area contributed by atoms with Gasteiger partial charge < -0.3 is 10.2 Å². The molecule has 0 aliphatic heterocycles. The van der Waals surface area contributed by atoms with Crippen molar-refractivity contribution in [1.82, 2.24) is 10.2 Å². The van der Waals surface area contributed by atoms with Crippen molar-refractivity contribution in [2.45, 2.75) is 57.7 Å². The molecule has 1 N–H and O–H groups in total. The Morgan fingerprint density at radius 3 is 2.25 bits per heavy atom. The second kappa shape index (κ2) is 13.3. The van der Waals surface area contributed by atoms with E-state index in [1.165, 1.54) is 4.90 Å². The fraction of sp³-hybridized carbons (Fsp3) is 0.355. The number of amides is 2. The van der Waals surface area contributed by atoms with Crippen LogP contribution in [0, 0.1) is 6.92 Å². The Morgan fingerprint density at radius 2 is 1.60 bits per heavy atom. The number of nitrogens with one attached hydrogen (secondary N) is 1. The van der Waals surface area contributed by atoms with Gasteiger partial charge in [-0.25, -0.2) is 8.42 Å². The number of nitrogens with zero attached hydrogens (tertiary/aromatic N) is 2. The van der Waals surface area contributed by atoms with E-state index in [0.717, 1.165) is 52.9 Å². The lowest BCUT2D eigenvalue weighted by atomic mass is 10.0. The number of halogens is 1. The number of sulfonamides is 1. The lowest BCUT2D eigenvalue weighted by Gasteiger charge is -2.34. The molecule has 7 nitrogen and oxygen atoms in total. The average molecular weight is 582 g/mol. The van der Waals surface area contributed by atoms with Crippen LogP contribution in [-0.4, -0.2) is 50.0 Å². The zero-order valence-electron chi connectivity index (χ0n) is 22.9. The summed E-state index contributed by atoms with van der Waals surface area (Å²) in [5.41, 5.74) is 2.99. The summed E-state index contributed by atoms with van der Waals surface area (Å²) >= 11 is 6.36. The maximum atomic E-state index is 14.1. The van der Waals surface area contributed by atoms with E-state index in [4.69, 9.17) is 11.6 Å². The molecule has 0 aromatic heterocycles. The van der Waals surface area contributed by atoms with Crippen molar-refractivity contribution in [1.29, 1.82) is 0 Å². The molecule has 3 aromatic rings. The van der Waals surface area contributed by atoms with Crippen molar-refractivity contribution in [3.05, 3.63) is 101 Å². The highest BCUT2D eigenvalue weighted by Gasteiger charge is 2.34. The summed E-state index contributed by atoms with van der Waals surface area (Å²) in [6, 6.07) is 23.0. The van der Waals surface area contributed by atoms with Crippen LogP contribution >= 0.6 is 11.6 Å². The number of hydrogen-bond donors (Lipinski definition) is 1. The van der Waals surface area contributed by atoms with Gasteiger partial charge in [-0.15, -0.1) is 0 Å². The molecule has 0 saturated heterocycles. The van der Waals surface area contributed by atoms with Crippen LogP contribution in [0.1, 0.15) is 42.4 Å². The van der Waals surface area contributed by atoms with Crippen LogP contribution in [0.3, 0.4) is 0 Å². The van der Waals surface area contributed by atoms with Gasteiger partial charge in [-0.05, 0) is 43.0 Å². The monoisotopic (exact) mass is 581 g/mol. The molecule has 0 heterocycles. The van der Waals surface area contributed by atoms with Gasteiger partial charge in [0.1, 0.15) is 12.6 Å². The fourth-order valence-electron chi connectivity index (χ4n) is 5.18. The number of para-hydroxylation sites is 1. The van der Waals surface area contributed by atoms with Crippen molar-refractivity contribution in [2.24, 2.45) is 0 Å². The van der Waals surface area contributed by atoms with Crippen molar-refractivity contribution < 1.29 is 18.0 Å². The third-order valence-corrected chi connectivity index (χ3v) is 8.65. The topological polar surface area (TPSA) is 86.8 Å². The maximum absolute atomic E-state index is 14.1. The quantitative estimate of drug-likeness (QED) is 0.341. The third-order valence-electron chi connectivity index (χ3n) is 7.21. The molecular formula is C31H36ClN3O4S. The molecule has 1 unspecified atom stereocenters. The first kappa shape index (κ1) is 29.6. The van der Waals surface area contributed by atoms with E-state index in [-0.39, 0.29) is 29.2 Å². The Labute approximate surface area is 242 Å². The number of hydrogen-bond acceptors (Lipinski definition) is 4.